The highest BCUT2D eigenvalue weighted by atomic mass is 31.2. The molecule has 0 spiro atoms. The first-order chi connectivity index (χ1) is 3.68. The molecule has 0 heterocycles. The predicted molar refractivity (Wildman–Crippen MR) is 39.3 cm³/mol. The Labute approximate surface area is 56.2 Å². The van der Waals surface area contributed by atoms with E-state index in [0.717, 1.165) is 0 Å². The Morgan fingerprint density at radius 2 is 1.67 bits per heavy atom. The maximum atomic E-state index is 11.1. The number of hydrogen-bond donors (Lipinski definition) is 0. The monoisotopic (exact) mass is 154 g/mol. The Morgan fingerprint density at radius 3 is 1.67 bits per heavy atom. The maximum absolute atomic E-state index is 11.1. The summed E-state index contributed by atoms with van der Waals surface area (Å²) in [5.74, 6) is 0. The van der Waals surface area contributed by atoms with Crippen molar-refractivity contribution in [2.75, 3.05) is 19.4 Å². The molecule has 0 unspecified atom stereocenters. The summed E-state index contributed by atoms with van der Waals surface area (Å²) in [6, 6.07) is 0. The molecule has 0 amide bonds. The summed E-state index contributed by atoms with van der Waals surface area (Å²) in [6.45, 7) is 3.77. The fourth-order valence-corrected chi connectivity index (χ4v) is 1.45. The average Bonchev–Trinajstić information content (AvgIpc) is 1.87. The van der Waals surface area contributed by atoms with E-state index in [0.29, 0.717) is 12.3 Å². The molecule has 0 radical (unpaired) electrons. The van der Waals surface area contributed by atoms with Gasteiger partial charge in [-0.15, -0.1) is 0 Å². The lowest BCUT2D eigenvalue weighted by Gasteiger charge is -2.09. The van der Waals surface area contributed by atoms with E-state index in [1.54, 1.807) is 0 Å². The highest BCUT2D eigenvalue weighted by Gasteiger charge is 2.13. The average molecular weight is 154 g/mol. The highest BCUT2D eigenvalue weighted by molar-refractivity contribution is 7.58. The van der Waals surface area contributed by atoms with Crippen LogP contribution in [0.2, 0.25) is 0 Å². The molecule has 0 atom stereocenters. The molecule has 0 rings (SSSR count). The zero-order valence-corrected chi connectivity index (χ0v) is 7.07. The first-order valence-electron chi connectivity index (χ1n) is 2.82. The minimum Gasteiger partial charge on any atom is -0.412 e. The summed E-state index contributed by atoms with van der Waals surface area (Å²) in [4.78, 5) is 0. The Hall–Kier alpha value is 0.150. The van der Waals surface area contributed by atoms with Crippen molar-refractivity contribution in [3.63, 3.8) is 0 Å². The predicted octanol–water partition coefficient (Wildman–Crippen LogP) is 1.13. The molecule has 4 heteroatoms. The van der Waals surface area contributed by atoms with Crippen LogP contribution in [0.5, 0.6) is 0 Å². The van der Waals surface area contributed by atoms with Crippen LogP contribution in [0.4, 0.5) is 0 Å². The summed E-state index contributed by atoms with van der Waals surface area (Å²) in [5, 5.41) is 0. The van der Waals surface area contributed by atoms with Gasteiger partial charge in [0.1, 0.15) is 0 Å². The van der Waals surface area contributed by atoms with Gasteiger partial charge in [0.05, 0.1) is 0 Å². The fraction of sp³-hybridized carbons (Fsp3) is 1.00. The molecule has 3 nitrogen and oxygen atoms in total. The smallest absolute Gasteiger partial charge is 0.202 e. The van der Waals surface area contributed by atoms with Gasteiger partial charge >= 0.3 is 0 Å². The van der Waals surface area contributed by atoms with E-state index in [-0.39, 0.29) is 5.48 Å². The van der Waals surface area contributed by atoms with Gasteiger partial charge in [-0.3, -0.25) is 4.57 Å². The third-order valence-electron chi connectivity index (χ3n) is 1.30. The quantitative estimate of drug-likeness (QED) is 0.572. The second-order valence-electron chi connectivity index (χ2n) is 1.63. The molecule has 2 N–H and O–H groups in total. The highest BCUT2D eigenvalue weighted by Crippen LogP contribution is 2.44. The topological polar surface area (TPSA) is 57.8 Å². The Bertz CT molecular complexity index is 83.4. The Morgan fingerprint density at radius 1 is 1.33 bits per heavy atom. The van der Waals surface area contributed by atoms with E-state index in [4.69, 9.17) is 4.52 Å². The lowest BCUT2D eigenvalue weighted by atomic mass is 11.0. The zero-order chi connectivity index (χ0) is 6.62. The van der Waals surface area contributed by atoms with Crippen LogP contribution in [-0.2, 0) is 9.09 Å². The first kappa shape index (κ1) is 11.9. The second kappa shape index (κ2) is 4.98. The first-order valence-corrected chi connectivity index (χ1v) is 4.82. The Balaban J connectivity index is 0. The molecule has 0 aromatic carbocycles. The van der Waals surface area contributed by atoms with Crippen LogP contribution in [0.25, 0.3) is 0 Å². The van der Waals surface area contributed by atoms with Crippen LogP contribution in [0.3, 0.4) is 0 Å². The van der Waals surface area contributed by atoms with Crippen molar-refractivity contribution in [3.05, 3.63) is 0 Å². The van der Waals surface area contributed by atoms with Gasteiger partial charge in [0.2, 0.25) is 7.37 Å². The SMILES string of the molecule is CCP(=O)(CC)OC.O. The third kappa shape index (κ3) is 3.68. The van der Waals surface area contributed by atoms with Gasteiger partial charge in [-0.1, -0.05) is 13.8 Å². The molecule has 9 heavy (non-hydrogen) atoms. The van der Waals surface area contributed by atoms with Gasteiger partial charge in [0.25, 0.3) is 0 Å². The molecular formula is C5H15O3P. The third-order valence-corrected chi connectivity index (χ3v) is 3.89. The standard InChI is InChI=1S/C5H13O2P.H2O/c1-4-8(6,5-2)7-3;/h4-5H2,1-3H3;1H2. The molecule has 0 aliphatic heterocycles. The maximum Gasteiger partial charge on any atom is 0.202 e. The van der Waals surface area contributed by atoms with E-state index in [1.807, 2.05) is 13.8 Å². The Kier molecular flexibility index (Phi) is 6.57. The molecule has 0 aliphatic carbocycles. The van der Waals surface area contributed by atoms with Crippen molar-refractivity contribution in [3.8, 4) is 0 Å². The minimum absolute atomic E-state index is 0. The molecule has 0 saturated heterocycles. The zero-order valence-electron chi connectivity index (χ0n) is 6.18. The lowest BCUT2D eigenvalue weighted by Crippen LogP contribution is -1.89. The summed E-state index contributed by atoms with van der Waals surface area (Å²) in [5.41, 5.74) is 0. The second-order valence-corrected chi connectivity index (χ2v) is 4.89. The van der Waals surface area contributed by atoms with Crippen molar-refractivity contribution < 1.29 is 14.6 Å². The van der Waals surface area contributed by atoms with E-state index in [1.165, 1.54) is 7.11 Å². The molecule has 0 bridgehead atoms. The molecule has 0 saturated carbocycles. The normalized spacial score (nSPS) is 10.6. The molecule has 58 valence electrons. The van der Waals surface area contributed by atoms with Gasteiger partial charge in [-0.2, -0.15) is 0 Å². The van der Waals surface area contributed by atoms with Crippen molar-refractivity contribution >= 4 is 7.37 Å². The van der Waals surface area contributed by atoms with Crippen LogP contribution < -0.4 is 0 Å². The molecule has 0 aliphatic rings. The summed E-state index contributed by atoms with van der Waals surface area (Å²) >= 11 is 0. The van der Waals surface area contributed by atoms with Gasteiger partial charge in [-0.25, -0.2) is 0 Å². The van der Waals surface area contributed by atoms with Gasteiger partial charge < -0.3 is 10.00 Å². The van der Waals surface area contributed by atoms with Crippen molar-refractivity contribution in [1.82, 2.24) is 0 Å². The summed E-state index contributed by atoms with van der Waals surface area (Å²) in [7, 11) is -0.654. The fourth-order valence-electron chi connectivity index (χ4n) is 0.482. The van der Waals surface area contributed by atoms with Crippen molar-refractivity contribution in [2.24, 2.45) is 0 Å². The van der Waals surface area contributed by atoms with Crippen LogP contribution in [0.1, 0.15) is 13.8 Å². The van der Waals surface area contributed by atoms with E-state index >= 15 is 0 Å². The largest absolute Gasteiger partial charge is 0.412 e. The van der Waals surface area contributed by atoms with E-state index in [2.05, 4.69) is 0 Å². The van der Waals surface area contributed by atoms with Crippen molar-refractivity contribution in [1.29, 1.82) is 0 Å². The van der Waals surface area contributed by atoms with E-state index < -0.39 is 7.37 Å². The minimum atomic E-state index is -2.16. The molecule has 0 fully saturated rings. The number of rotatable bonds is 3. The van der Waals surface area contributed by atoms with Crippen LogP contribution >= 0.6 is 7.37 Å². The van der Waals surface area contributed by atoms with Crippen LogP contribution in [-0.4, -0.2) is 24.9 Å². The van der Waals surface area contributed by atoms with Gasteiger partial charge in [0.15, 0.2) is 0 Å². The molecular weight excluding hydrogens is 139 g/mol. The van der Waals surface area contributed by atoms with Gasteiger partial charge in [-0.05, 0) is 0 Å². The van der Waals surface area contributed by atoms with Gasteiger partial charge in [0, 0.05) is 19.4 Å². The lowest BCUT2D eigenvalue weighted by molar-refractivity contribution is 0.395. The summed E-state index contributed by atoms with van der Waals surface area (Å²) in [6.07, 6.45) is 1.31. The summed E-state index contributed by atoms with van der Waals surface area (Å²) < 4.78 is 15.9. The number of hydrogen-bond acceptors (Lipinski definition) is 2. The van der Waals surface area contributed by atoms with Crippen LogP contribution in [0, 0.1) is 0 Å². The molecule has 0 aromatic rings. The van der Waals surface area contributed by atoms with E-state index in [9.17, 15) is 4.57 Å². The van der Waals surface area contributed by atoms with Crippen molar-refractivity contribution in [2.45, 2.75) is 13.8 Å². The molecule has 0 aromatic heterocycles. The van der Waals surface area contributed by atoms with Crippen LogP contribution in [0.15, 0.2) is 0 Å².